The van der Waals surface area contributed by atoms with Gasteiger partial charge in [0.25, 0.3) is 0 Å². The summed E-state index contributed by atoms with van der Waals surface area (Å²) in [5.41, 5.74) is 0. The van der Waals surface area contributed by atoms with Crippen molar-refractivity contribution in [3.63, 3.8) is 0 Å². The number of nitrogens with one attached hydrogen (secondary N) is 2. The first-order valence-corrected chi connectivity index (χ1v) is 7.34. The van der Waals surface area contributed by atoms with E-state index in [0.717, 1.165) is 31.8 Å². The minimum absolute atomic E-state index is 0.254. The molecular formula is C14H26N2O. The third kappa shape index (κ3) is 4.66. The first-order valence-electron chi connectivity index (χ1n) is 7.34. The van der Waals surface area contributed by atoms with E-state index in [-0.39, 0.29) is 5.91 Å². The lowest BCUT2D eigenvalue weighted by Gasteiger charge is -2.21. The van der Waals surface area contributed by atoms with Gasteiger partial charge in [-0.05, 0) is 31.7 Å². The van der Waals surface area contributed by atoms with Crippen molar-refractivity contribution in [3.8, 4) is 0 Å². The normalized spacial score (nSPS) is 26.0. The van der Waals surface area contributed by atoms with Crippen molar-refractivity contribution >= 4 is 5.91 Å². The number of amides is 1. The number of hydrogen-bond acceptors (Lipinski definition) is 2. The third-order valence-corrected chi connectivity index (χ3v) is 4.21. The lowest BCUT2D eigenvalue weighted by atomic mass is 9.86. The molecule has 2 rings (SSSR count). The molecule has 98 valence electrons. The van der Waals surface area contributed by atoms with E-state index < -0.39 is 0 Å². The number of carbonyl (C=O) groups excluding carboxylic acids is 1. The van der Waals surface area contributed by atoms with Crippen LogP contribution in [-0.4, -0.2) is 25.0 Å². The highest BCUT2D eigenvalue weighted by molar-refractivity contribution is 5.75. The Bertz CT molecular complexity index is 230. The summed E-state index contributed by atoms with van der Waals surface area (Å²) >= 11 is 0. The lowest BCUT2D eigenvalue weighted by molar-refractivity contribution is -0.121. The van der Waals surface area contributed by atoms with Crippen LogP contribution in [0.5, 0.6) is 0 Å². The quantitative estimate of drug-likeness (QED) is 0.771. The third-order valence-electron chi connectivity index (χ3n) is 4.21. The summed E-state index contributed by atoms with van der Waals surface area (Å²) < 4.78 is 0. The maximum absolute atomic E-state index is 11.7. The minimum Gasteiger partial charge on any atom is -0.355 e. The molecule has 1 aliphatic carbocycles. The monoisotopic (exact) mass is 238 g/mol. The Morgan fingerprint density at radius 2 is 1.94 bits per heavy atom. The Morgan fingerprint density at radius 3 is 2.65 bits per heavy atom. The molecule has 1 heterocycles. The molecule has 3 nitrogen and oxygen atoms in total. The smallest absolute Gasteiger partial charge is 0.220 e. The molecule has 1 saturated carbocycles. The first kappa shape index (κ1) is 12.9. The van der Waals surface area contributed by atoms with Crippen LogP contribution in [0, 0.1) is 5.92 Å². The second-order valence-electron chi connectivity index (χ2n) is 5.64. The molecule has 1 saturated heterocycles. The van der Waals surface area contributed by atoms with E-state index in [4.69, 9.17) is 0 Å². The average molecular weight is 238 g/mol. The molecule has 0 spiro atoms. The van der Waals surface area contributed by atoms with Gasteiger partial charge in [0.1, 0.15) is 0 Å². The standard InChI is InChI=1S/C14H26N2O/c17-14(16-11-13-7-4-10-15-13)9-8-12-5-2-1-3-6-12/h12-13,15H,1-11H2,(H,16,17). The van der Waals surface area contributed by atoms with Crippen LogP contribution >= 0.6 is 0 Å². The van der Waals surface area contributed by atoms with Crippen molar-refractivity contribution in [1.29, 1.82) is 0 Å². The van der Waals surface area contributed by atoms with Gasteiger partial charge in [-0.1, -0.05) is 32.1 Å². The average Bonchev–Trinajstić information content (AvgIpc) is 2.88. The Labute approximate surface area is 105 Å². The summed E-state index contributed by atoms with van der Waals surface area (Å²) in [5.74, 6) is 1.07. The van der Waals surface area contributed by atoms with Gasteiger partial charge in [0.15, 0.2) is 0 Å². The molecule has 0 bridgehead atoms. The second kappa shape index (κ2) is 7.00. The Morgan fingerprint density at radius 1 is 1.12 bits per heavy atom. The highest BCUT2D eigenvalue weighted by Gasteiger charge is 2.17. The lowest BCUT2D eigenvalue weighted by Crippen LogP contribution is -2.37. The van der Waals surface area contributed by atoms with Crippen LogP contribution in [0.1, 0.15) is 57.8 Å². The van der Waals surface area contributed by atoms with Gasteiger partial charge in [0, 0.05) is 19.0 Å². The van der Waals surface area contributed by atoms with Gasteiger partial charge in [-0.3, -0.25) is 4.79 Å². The Hall–Kier alpha value is -0.570. The van der Waals surface area contributed by atoms with E-state index >= 15 is 0 Å². The molecule has 0 aromatic carbocycles. The number of carbonyl (C=O) groups is 1. The molecule has 1 atom stereocenters. The predicted octanol–water partition coefficient (Wildman–Crippen LogP) is 2.22. The Kier molecular flexibility index (Phi) is 5.30. The van der Waals surface area contributed by atoms with Gasteiger partial charge in [0.2, 0.25) is 5.91 Å². The van der Waals surface area contributed by atoms with E-state index in [0.29, 0.717) is 6.04 Å². The van der Waals surface area contributed by atoms with Crippen LogP contribution in [0.4, 0.5) is 0 Å². The van der Waals surface area contributed by atoms with Crippen molar-refractivity contribution in [1.82, 2.24) is 10.6 Å². The molecule has 0 aromatic rings. The largest absolute Gasteiger partial charge is 0.355 e. The summed E-state index contributed by atoms with van der Waals surface area (Å²) in [6.07, 6.45) is 11.1. The van der Waals surface area contributed by atoms with Gasteiger partial charge >= 0.3 is 0 Å². The molecule has 0 radical (unpaired) electrons. The van der Waals surface area contributed by atoms with E-state index in [1.807, 2.05) is 0 Å². The van der Waals surface area contributed by atoms with Crippen molar-refractivity contribution in [2.24, 2.45) is 5.92 Å². The zero-order chi connectivity index (χ0) is 11.9. The highest BCUT2D eigenvalue weighted by atomic mass is 16.1. The molecule has 1 amide bonds. The molecule has 1 aliphatic heterocycles. The van der Waals surface area contributed by atoms with E-state index in [9.17, 15) is 4.79 Å². The summed E-state index contributed by atoms with van der Waals surface area (Å²) in [6.45, 7) is 1.94. The fraction of sp³-hybridized carbons (Fsp3) is 0.929. The second-order valence-corrected chi connectivity index (χ2v) is 5.64. The molecule has 2 aliphatic rings. The SMILES string of the molecule is O=C(CCC1CCCCC1)NCC1CCCN1. The van der Waals surface area contributed by atoms with Crippen LogP contribution in [0.25, 0.3) is 0 Å². The fourth-order valence-corrected chi connectivity index (χ4v) is 3.07. The van der Waals surface area contributed by atoms with Gasteiger partial charge in [-0.2, -0.15) is 0 Å². The van der Waals surface area contributed by atoms with E-state index in [1.54, 1.807) is 0 Å². The van der Waals surface area contributed by atoms with Crippen LogP contribution < -0.4 is 10.6 Å². The van der Waals surface area contributed by atoms with Gasteiger partial charge < -0.3 is 10.6 Å². The zero-order valence-electron chi connectivity index (χ0n) is 10.8. The zero-order valence-corrected chi connectivity index (χ0v) is 10.8. The maximum Gasteiger partial charge on any atom is 0.220 e. The molecule has 2 N–H and O–H groups in total. The van der Waals surface area contributed by atoms with Crippen molar-refractivity contribution < 1.29 is 4.79 Å². The summed E-state index contributed by atoms with van der Waals surface area (Å²) in [7, 11) is 0. The highest BCUT2D eigenvalue weighted by Crippen LogP contribution is 2.27. The van der Waals surface area contributed by atoms with Gasteiger partial charge in [0.05, 0.1) is 0 Å². The summed E-state index contributed by atoms with van der Waals surface area (Å²) in [4.78, 5) is 11.7. The molecule has 1 unspecified atom stereocenters. The maximum atomic E-state index is 11.7. The molecule has 2 fully saturated rings. The first-order chi connectivity index (χ1) is 8.34. The molecule has 17 heavy (non-hydrogen) atoms. The number of hydrogen-bond donors (Lipinski definition) is 2. The van der Waals surface area contributed by atoms with Crippen LogP contribution in [0.2, 0.25) is 0 Å². The Balaban J connectivity index is 1.53. The number of rotatable bonds is 5. The fourth-order valence-electron chi connectivity index (χ4n) is 3.07. The molecule has 3 heteroatoms. The summed E-state index contributed by atoms with van der Waals surface area (Å²) in [5, 5.41) is 6.47. The summed E-state index contributed by atoms with van der Waals surface area (Å²) in [6, 6.07) is 0.522. The topological polar surface area (TPSA) is 41.1 Å². The minimum atomic E-state index is 0.254. The van der Waals surface area contributed by atoms with Crippen molar-refractivity contribution in [2.45, 2.75) is 63.8 Å². The van der Waals surface area contributed by atoms with Gasteiger partial charge in [-0.15, -0.1) is 0 Å². The van der Waals surface area contributed by atoms with E-state index in [2.05, 4.69) is 10.6 Å². The van der Waals surface area contributed by atoms with E-state index in [1.165, 1.54) is 44.9 Å². The predicted molar refractivity (Wildman–Crippen MR) is 69.8 cm³/mol. The van der Waals surface area contributed by atoms with Crippen molar-refractivity contribution in [2.75, 3.05) is 13.1 Å². The molecule has 0 aromatic heterocycles. The van der Waals surface area contributed by atoms with Crippen LogP contribution in [0.3, 0.4) is 0 Å². The molecular weight excluding hydrogens is 212 g/mol. The van der Waals surface area contributed by atoms with Crippen molar-refractivity contribution in [3.05, 3.63) is 0 Å². The van der Waals surface area contributed by atoms with Gasteiger partial charge in [-0.25, -0.2) is 0 Å². The van der Waals surface area contributed by atoms with Crippen LogP contribution in [-0.2, 0) is 4.79 Å². The van der Waals surface area contributed by atoms with Crippen LogP contribution in [0.15, 0.2) is 0 Å².